The number of ether oxygens (including phenoxy) is 1. The lowest BCUT2D eigenvalue weighted by Gasteiger charge is -2.31. The molecule has 0 amide bonds. The fraction of sp³-hybridized carbons (Fsp3) is 0.579. The average molecular weight is 344 g/mol. The minimum Gasteiger partial charge on any atom is -0.383 e. The molecule has 2 aromatic rings. The van der Waals surface area contributed by atoms with Crippen molar-refractivity contribution in [3.8, 4) is 0 Å². The highest BCUT2D eigenvalue weighted by molar-refractivity contribution is 5.15. The van der Waals surface area contributed by atoms with Gasteiger partial charge in [-0.2, -0.15) is 5.10 Å². The Labute approximate surface area is 149 Å². The molecular formula is C19H28N4O2. The first kappa shape index (κ1) is 17.9. The molecule has 0 saturated carbocycles. The summed E-state index contributed by atoms with van der Waals surface area (Å²) < 4.78 is 8.63. The highest BCUT2D eigenvalue weighted by Crippen LogP contribution is 2.26. The normalized spacial score (nSPS) is 16.4. The van der Waals surface area contributed by atoms with Crippen molar-refractivity contribution in [3.05, 3.63) is 52.2 Å². The van der Waals surface area contributed by atoms with Gasteiger partial charge in [0.25, 0.3) is 0 Å². The van der Waals surface area contributed by atoms with Crippen LogP contribution in [0.25, 0.3) is 0 Å². The maximum absolute atomic E-state index is 12.7. The van der Waals surface area contributed by atoms with Gasteiger partial charge in [0.05, 0.1) is 13.2 Å². The van der Waals surface area contributed by atoms with Crippen LogP contribution in [-0.2, 0) is 17.8 Å². The van der Waals surface area contributed by atoms with Crippen molar-refractivity contribution in [2.45, 2.75) is 38.8 Å². The van der Waals surface area contributed by atoms with E-state index in [1.807, 2.05) is 41.8 Å². The van der Waals surface area contributed by atoms with Crippen molar-refractivity contribution in [1.82, 2.24) is 19.2 Å². The minimum atomic E-state index is 0.00293. The Morgan fingerprint density at radius 2 is 1.92 bits per heavy atom. The molecule has 2 heterocycles. The molecule has 1 fully saturated rings. The van der Waals surface area contributed by atoms with E-state index in [-0.39, 0.29) is 5.69 Å². The third-order valence-electron chi connectivity index (χ3n) is 5.01. The Morgan fingerprint density at radius 1 is 1.20 bits per heavy atom. The van der Waals surface area contributed by atoms with Crippen molar-refractivity contribution in [3.63, 3.8) is 0 Å². The average Bonchev–Trinajstić information content (AvgIpc) is 2.97. The highest BCUT2D eigenvalue weighted by atomic mass is 16.5. The van der Waals surface area contributed by atoms with Crippen molar-refractivity contribution in [2.24, 2.45) is 0 Å². The van der Waals surface area contributed by atoms with Crippen LogP contribution >= 0.6 is 0 Å². The van der Waals surface area contributed by atoms with E-state index in [1.54, 1.807) is 11.8 Å². The molecule has 6 nitrogen and oxygen atoms in total. The molecule has 0 aliphatic carbocycles. The quantitative estimate of drug-likeness (QED) is 0.770. The molecule has 0 radical (unpaired) electrons. The monoisotopic (exact) mass is 344 g/mol. The Morgan fingerprint density at radius 3 is 2.56 bits per heavy atom. The van der Waals surface area contributed by atoms with E-state index in [4.69, 9.17) is 9.84 Å². The largest absolute Gasteiger partial charge is 0.383 e. The number of hydrogen-bond acceptors (Lipinski definition) is 4. The van der Waals surface area contributed by atoms with Crippen molar-refractivity contribution in [1.29, 1.82) is 0 Å². The smallest absolute Gasteiger partial charge is 0.346 e. The molecule has 1 saturated heterocycles. The zero-order valence-electron chi connectivity index (χ0n) is 15.2. The standard InChI is InChI=1S/C19H28N4O2/c1-3-22-18(17-9-11-21(12-10-17)13-14-25-2)20-23(19(22)24)15-16-7-5-4-6-8-16/h4-8,17H,3,9-15H2,1-2H3. The SMILES string of the molecule is CCn1c(C2CCN(CCOC)CC2)nn(Cc2ccccc2)c1=O. The Bertz CT molecular complexity index is 715. The minimum absolute atomic E-state index is 0.00293. The lowest BCUT2D eigenvalue weighted by molar-refractivity contribution is 0.129. The van der Waals surface area contributed by atoms with Crippen molar-refractivity contribution in [2.75, 3.05) is 33.4 Å². The molecule has 6 heteroatoms. The van der Waals surface area contributed by atoms with Crippen LogP contribution in [-0.4, -0.2) is 52.6 Å². The van der Waals surface area contributed by atoms with E-state index < -0.39 is 0 Å². The highest BCUT2D eigenvalue weighted by Gasteiger charge is 2.26. The maximum Gasteiger partial charge on any atom is 0.346 e. The van der Waals surface area contributed by atoms with E-state index in [2.05, 4.69) is 4.90 Å². The van der Waals surface area contributed by atoms with E-state index in [0.717, 1.165) is 50.5 Å². The molecular weight excluding hydrogens is 316 g/mol. The van der Waals surface area contributed by atoms with Crippen LogP contribution in [0.3, 0.4) is 0 Å². The third kappa shape index (κ3) is 4.19. The Kier molecular flexibility index (Phi) is 6.04. The van der Waals surface area contributed by atoms with Gasteiger partial charge in [0.15, 0.2) is 0 Å². The molecule has 0 atom stereocenters. The molecule has 0 N–H and O–H groups in total. The first-order chi connectivity index (χ1) is 12.2. The number of likely N-dealkylation sites (tertiary alicyclic amines) is 1. The molecule has 1 aromatic heterocycles. The second-order valence-corrected chi connectivity index (χ2v) is 6.64. The van der Waals surface area contributed by atoms with Crippen LogP contribution in [0.4, 0.5) is 0 Å². The summed E-state index contributed by atoms with van der Waals surface area (Å²) in [6.45, 7) is 7.06. The summed E-state index contributed by atoms with van der Waals surface area (Å²) in [6, 6.07) is 10.0. The molecule has 0 spiro atoms. The summed E-state index contributed by atoms with van der Waals surface area (Å²) in [5, 5.41) is 4.71. The summed E-state index contributed by atoms with van der Waals surface area (Å²) in [4.78, 5) is 15.1. The number of nitrogens with zero attached hydrogens (tertiary/aromatic N) is 4. The van der Waals surface area contributed by atoms with E-state index >= 15 is 0 Å². The molecule has 136 valence electrons. The number of hydrogen-bond donors (Lipinski definition) is 0. The van der Waals surface area contributed by atoms with Gasteiger partial charge in [-0.1, -0.05) is 30.3 Å². The first-order valence-corrected chi connectivity index (χ1v) is 9.15. The number of aromatic nitrogens is 3. The third-order valence-corrected chi connectivity index (χ3v) is 5.01. The van der Waals surface area contributed by atoms with E-state index in [0.29, 0.717) is 19.0 Å². The van der Waals surface area contributed by atoms with Gasteiger partial charge in [-0.3, -0.25) is 4.57 Å². The van der Waals surface area contributed by atoms with Crippen LogP contribution in [0.2, 0.25) is 0 Å². The lowest BCUT2D eigenvalue weighted by atomic mass is 9.96. The van der Waals surface area contributed by atoms with E-state index in [1.165, 1.54) is 0 Å². The van der Waals surface area contributed by atoms with Crippen LogP contribution in [0, 0.1) is 0 Å². The molecule has 1 aliphatic rings. The molecule has 3 rings (SSSR count). The zero-order valence-corrected chi connectivity index (χ0v) is 15.2. The molecule has 1 aromatic carbocycles. The van der Waals surface area contributed by atoms with Crippen molar-refractivity contribution >= 4 is 0 Å². The number of rotatable bonds is 7. The second kappa shape index (κ2) is 8.45. The summed E-state index contributed by atoms with van der Waals surface area (Å²) in [5.41, 5.74) is 1.11. The maximum atomic E-state index is 12.7. The van der Waals surface area contributed by atoms with Gasteiger partial charge < -0.3 is 9.64 Å². The van der Waals surface area contributed by atoms with E-state index in [9.17, 15) is 4.79 Å². The van der Waals surface area contributed by atoms with Gasteiger partial charge >= 0.3 is 5.69 Å². The van der Waals surface area contributed by atoms with Crippen LogP contribution in [0.15, 0.2) is 35.1 Å². The van der Waals surface area contributed by atoms with Crippen LogP contribution in [0.5, 0.6) is 0 Å². The van der Waals surface area contributed by atoms with Gasteiger partial charge in [-0.25, -0.2) is 9.48 Å². The van der Waals surface area contributed by atoms with Gasteiger partial charge in [0.1, 0.15) is 5.82 Å². The fourth-order valence-electron chi connectivity index (χ4n) is 3.55. The van der Waals surface area contributed by atoms with Crippen molar-refractivity contribution < 1.29 is 4.74 Å². The molecule has 25 heavy (non-hydrogen) atoms. The summed E-state index contributed by atoms with van der Waals surface area (Å²) in [6.07, 6.45) is 2.09. The predicted octanol–water partition coefficient (Wildman–Crippen LogP) is 1.94. The fourth-order valence-corrected chi connectivity index (χ4v) is 3.55. The molecule has 0 bridgehead atoms. The summed E-state index contributed by atoms with van der Waals surface area (Å²) in [5.74, 6) is 1.32. The van der Waals surface area contributed by atoms with Gasteiger partial charge in [-0.05, 0) is 38.4 Å². The van der Waals surface area contributed by atoms with Gasteiger partial charge in [0.2, 0.25) is 0 Å². The van der Waals surface area contributed by atoms with Gasteiger partial charge in [0, 0.05) is 26.1 Å². The van der Waals surface area contributed by atoms with Gasteiger partial charge in [-0.15, -0.1) is 0 Å². The summed E-state index contributed by atoms with van der Waals surface area (Å²) in [7, 11) is 1.74. The number of methoxy groups -OCH3 is 1. The second-order valence-electron chi connectivity index (χ2n) is 6.64. The first-order valence-electron chi connectivity index (χ1n) is 9.15. The number of benzene rings is 1. The molecule has 1 aliphatic heterocycles. The Balaban J connectivity index is 1.74. The molecule has 0 unspecified atom stereocenters. The van der Waals surface area contributed by atoms with Crippen LogP contribution in [0.1, 0.15) is 37.1 Å². The zero-order chi connectivity index (χ0) is 17.6. The van der Waals surface area contributed by atoms with Crippen LogP contribution < -0.4 is 5.69 Å². The topological polar surface area (TPSA) is 52.3 Å². The predicted molar refractivity (Wildman–Crippen MR) is 98.0 cm³/mol. The number of piperidine rings is 1. The lowest BCUT2D eigenvalue weighted by Crippen LogP contribution is -2.36. The Hall–Kier alpha value is -1.92. The summed E-state index contributed by atoms with van der Waals surface area (Å²) >= 11 is 0.